The Hall–Kier alpha value is -5.03. The molecule has 280 valence electrons. The Morgan fingerprint density at radius 2 is 1.15 bits per heavy atom. The largest absolute Gasteiger partial charge is 0.549 e. The molecule has 4 rings (SSSR count). The quantitative estimate of drug-likeness (QED) is 0.155. The summed E-state index contributed by atoms with van der Waals surface area (Å²) in [6.45, 7) is 3.85. The number of hydrogen-bond donors (Lipinski definition) is 2. The Labute approximate surface area is 300 Å². The molecule has 0 aliphatic carbocycles. The van der Waals surface area contributed by atoms with Crippen LogP contribution in [0.4, 0.5) is 0 Å². The summed E-state index contributed by atoms with van der Waals surface area (Å²) in [5.74, 6) is -8.01. The second-order valence-electron chi connectivity index (χ2n) is 13.3. The molecule has 0 radical (unpaired) electrons. The van der Waals surface area contributed by atoms with Crippen LogP contribution >= 0.6 is 0 Å². The highest BCUT2D eigenvalue weighted by molar-refractivity contribution is 7.87. The molecule has 2 N–H and O–H groups in total. The van der Waals surface area contributed by atoms with E-state index in [1.54, 1.807) is 33.8 Å². The van der Waals surface area contributed by atoms with Crippen molar-refractivity contribution in [3.8, 4) is 11.5 Å². The van der Waals surface area contributed by atoms with Gasteiger partial charge < -0.3 is 49.8 Å². The molecular formula is C36H38N2O13S-4. The van der Waals surface area contributed by atoms with Gasteiger partial charge in [0.25, 0.3) is 10.1 Å². The minimum absolute atomic E-state index is 0.0218. The maximum absolute atomic E-state index is 13.9. The minimum atomic E-state index is -4.61. The van der Waals surface area contributed by atoms with Gasteiger partial charge in [-0.1, -0.05) is 58.0 Å². The maximum atomic E-state index is 13.9. The molecule has 1 aliphatic rings. The molecule has 0 spiro atoms. The summed E-state index contributed by atoms with van der Waals surface area (Å²) in [5.41, 5.74) is -1.41. The van der Waals surface area contributed by atoms with Crippen molar-refractivity contribution in [2.24, 2.45) is 0 Å². The van der Waals surface area contributed by atoms with Crippen LogP contribution in [0, 0.1) is 6.92 Å². The highest BCUT2D eigenvalue weighted by Gasteiger charge is 2.54. The lowest BCUT2D eigenvalue weighted by atomic mass is 9.73. The smallest absolute Gasteiger partial charge is 0.298 e. The van der Waals surface area contributed by atoms with Gasteiger partial charge in [0.05, 0.1) is 23.9 Å². The lowest BCUT2D eigenvalue weighted by Gasteiger charge is -2.36. The summed E-state index contributed by atoms with van der Waals surface area (Å²) in [7, 11) is -4.61. The van der Waals surface area contributed by atoms with Gasteiger partial charge in [0.2, 0.25) is 0 Å². The Bertz CT molecular complexity index is 1990. The van der Waals surface area contributed by atoms with Gasteiger partial charge in [-0.05, 0) is 53.1 Å². The molecule has 1 unspecified atom stereocenters. The maximum Gasteiger partial charge on any atom is 0.298 e. The number of aromatic hydroxyl groups is 2. The molecule has 0 aromatic heterocycles. The number of nitrogens with zero attached hydrogens (tertiary/aromatic N) is 2. The molecule has 15 nitrogen and oxygen atoms in total. The fraction of sp³-hybridized carbons (Fsp3) is 0.389. The lowest BCUT2D eigenvalue weighted by Crippen LogP contribution is -2.44. The third kappa shape index (κ3) is 7.89. The third-order valence-corrected chi connectivity index (χ3v) is 10.3. The second kappa shape index (κ2) is 15.3. The van der Waals surface area contributed by atoms with Crippen LogP contribution in [0.2, 0.25) is 0 Å². The number of carboxylic acids is 4. The molecule has 16 heteroatoms. The van der Waals surface area contributed by atoms with Crippen LogP contribution in [-0.2, 0) is 52.2 Å². The third-order valence-electron chi connectivity index (χ3n) is 8.98. The zero-order valence-electron chi connectivity index (χ0n) is 29.1. The van der Waals surface area contributed by atoms with E-state index < -0.39 is 90.5 Å². The van der Waals surface area contributed by atoms with Crippen LogP contribution in [-0.4, -0.2) is 78.5 Å². The average Bonchev–Trinajstić information content (AvgIpc) is 3.25. The fourth-order valence-corrected chi connectivity index (χ4v) is 8.14. The van der Waals surface area contributed by atoms with Crippen molar-refractivity contribution in [2.45, 2.75) is 70.0 Å². The summed E-state index contributed by atoms with van der Waals surface area (Å²) >= 11 is 0. The van der Waals surface area contributed by atoms with Crippen molar-refractivity contribution >= 4 is 34.0 Å². The number of phenols is 2. The van der Waals surface area contributed by atoms with Crippen molar-refractivity contribution in [1.29, 1.82) is 0 Å². The first-order valence-corrected chi connectivity index (χ1v) is 17.6. The number of phenolic OH excluding ortho intramolecular Hbond substituents is 2. The summed E-state index contributed by atoms with van der Waals surface area (Å²) in [5, 5.41) is 70.0. The first-order valence-electron chi connectivity index (χ1n) is 16.2. The van der Waals surface area contributed by atoms with E-state index in [-0.39, 0.29) is 55.5 Å². The summed E-state index contributed by atoms with van der Waals surface area (Å²) < 4.78 is 34.0. The van der Waals surface area contributed by atoms with Crippen molar-refractivity contribution in [2.75, 3.05) is 26.2 Å². The number of carbonyl (C=O) groups is 4. The second-order valence-corrected chi connectivity index (χ2v) is 14.8. The van der Waals surface area contributed by atoms with Gasteiger partial charge in [0.1, 0.15) is 16.4 Å². The van der Waals surface area contributed by atoms with E-state index in [1.165, 1.54) is 43.3 Å². The Kier molecular flexibility index (Phi) is 11.7. The molecule has 0 amide bonds. The van der Waals surface area contributed by atoms with E-state index in [1.807, 2.05) is 0 Å². The van der Waals surface area contributed by atoms with Gasteiger partial charge in [0, 0.05) is 61.5 Å². The number of rotatable bonds is 16. The van der Waals surface area contributed by atoms with E-state index >= 15 is 0 Å². The normalized spacial score (nSPS) is 16.5. The monoisotopic (exact) mass is 738 g/mol. The van der Waals surface area contributed by atoms with Crippen LogP contribution in [0.25, 0.3) is 0 Å². The number of aliphatic carboxylic acids is 4. The van der Waals surface area contributed by atoms with Crippen LogP contribution in [0.15, 0.2) is 47.4 Å². The molecule has 1 aliphatic heterocycles. The number of fused-ring (bicyclic) bond motifs is 1. The van der Waals surface area contributed by atoms with Crippen LogP contribution < -0.4 is 20.4 Å². The van der Waals surface area contributed by atoms with Crippen LogP contribution in [0.1, 0.15) is 84.0 Å². The van der Waals surface area contributed by atoms with Crippen molar-refractivity contribution in [1.82, 2.24) is 9.80 Å². The highest BCUT2D eigenvalue weighted by atomic mass is 32.2. The Morgan fingerprint density at radius 1 is 0.692 bits per heavy atom. The van der Waals surface area contributed by atoms with Gasteiger partial charge in [-0.2, -0.15) is 8.42 Å². The molecule has 0 saturated carbocycles. The topological polar surface area (TPSA) is 251 Å². The minimum Gasteiger partial charge on any atom is -0.549 e. The predicted molar refractivity (Wildman–Crippen MR) is 174 cm³/mol. The summed E-state index contributed by atoms with van der Waals surface area (Å²) in [6, 6.07) is 10.3. The molecule has 52 heavy (non-hydrogen) atoms. The van der Waals surface area contributed by atoms with Crippen LogP contribution in [0.5, 0.6) is 11.5 Å². The lowest BCUT2D eigenvalue weighted by molar-refractivity contribution is -0.313. The van der Waals surface area contributed by atoms with Gasteiger partial charge in [-0.15, -0.1) is 0 Å². The summed E-state index contributed by atoms with van der Waals surface area (Å²) in [6.07, 6.45) is 0. The number of carbonyl (C=O) groups excluding carboxylic acids is 4. The first-order chi connectivity index (χ1) is 24.2. The fourth-order valence-electron chi connectivity index (χ4n) is 6.72. The zero-order valence-corrected chi connectivity index (χ0v) is 29.9. The number of benzene rings is 3. The molecule has 3 aromatic rings. The van der Waals surface area contributed by atoms with Crippen molar-refractivity contribution in [3.63, 3.8) is 0 Å². The summed E-state index contributed by atoms with van der Waals surface area (Å²) in [4.78, 5) is 48.2. The Balaban J connectivity index is 2.20. The highest BCUT2D eigenvalue weighted by Crippen LogP contribution is 2.55. The molecule has 0 bridgehead atoms. The van der Waals surface area contributed by atoms with Gasteiger partial charge >= 0.3 is 0 Å². The molecule has 3 aromatic carbocycles. The van der Waals surface area contributed by atoms with Gasteiger partial charge in [0.15, 0.2) is 5.60 Å². The number of hydrogen-bond acceptors (Lipinski definition) is 15. The molecule has 0 saturated heterocycles. The molecule has 1 atom stereocenters. The van der Waals surface area contributed by atoms with Crippen molar-refractivity contribution in [3.05, 3.63) is 87.0 Å². The number of carboxylic acid groups (broad SMARTS) is 4. The van der Waals surface area contributed by atoms with E-state index in [4.69, 9.17) is 4.18 Å². The SMILES string of the molecule is Cc1c(C2(c3ccc(C(C)C)c(O)c3CN(CC(=O)[O-])CC(=O)[O-])OS(=O)(=O)c3ccccc32)cc(C(C)C)c(O)c1CN(CC(=O)[O-])CC(=O)[O-]. The van der Waals surface area contributed by atoms with E-state index in [0.717, 1.165) is 9.80 Å². The van der Waals surface area contributed by atoms with E-state index in [2.05, 4.69) is 0 Å². The van der Waals surface area contributed by atoms with E-state index in [0.29, 0.717) is 5.56 Å². The van der Waals surface area contributed by atoms with Crippen LogP contribution in [0.3, 0.4) is 0 Å². The predicted octanol–water partition coefficient (Wildman–Crippen LogP) is -1.73. The zero-order chi connectivity index (χ0) is 38.9. The van der Waals surface area contributed by atoms with E-state index in [9.17, 15) is 58.2 Å². The van der Waals surface area contributed by atoms with Gasteiger partial charge in [-0.25, -0.2) is 4.18 Å². The molecule has 0 fully saturated rings. The van der Waals surface area contributed by atoms with Gasteiger partial charge in [-0.3, -0.25) is 9.80 Å². The first kappa shape index (κ1) is 39.8. The Morgan fingerprint density at radius 3 is 1.63 bits per heavy atom. The standard InChI is InChI=1S/C36H42N2O13S/c1-19(2)22-10-11-26(25(34(22)47)14-38(17-32(43)44)18-33(45)46)36(27-8-6-7-9-29(27)52(49,50)51-36)28-12-23(20(3)4)35(48)24(21(28)5)13-37(15-30(39)40)16-31(41)42/h6-12,19-20,47-48H,13-18H2,1-5H3,(H,39,40)(H,41,42)(H,43,44)(H,45,46)/p-4. The molecular weight excluding hydrogens is 700 g/mol. The van der Waals surface area contributed by atoms with Crippen molar-refractivity contribution < 1.29 is 62.4 Å². The average molecular weight is 739 g/mol. The molecule has 1 heterocycles.